The number of aromatic nitrogens is 2. The van der Waals surface area contributed by atoms with Crippen LogP contribution in [0.4, 0.5) is 0 Å². The van der Waals surface area contributed by atoms with Gasteiger partial charge in [-0.3, -0.25) is 0 Å². The van der Waals surface area contributed by atoms with Gasteiger partial charge in [0.2, 0.25) is 10.0 Å². The van der Waals surface area contributed by atoms with E-state index in [2.05, 4.69) is 4.98 Å². The third-order valence-electron chi connectivity index (χ3n) is 3.48. The molecule has 5 nitrogen and oxygen atoms in total. The Bertz CT molecular complexity index is 1020. The molecule has 114 valence electrons. The van der Waals surface area contributed by atoms with E-state index < -0.39 is 15.7 Å². The molecule has 0 bridgehead atoms. The second-order valence-electron chi connectivity index (χ2n) is 5.04. The predicted molar refractivity (Wildman–Crippen MR) is 86.8 cm³/mol. The van der Waals surface area contributed by atoms with Crippen molar-refractivity contribution in [2.24, 2.45) is 0 Å². The lowest BCUT2D eigenvalue weighted by Gasteiger charge is -2.08. The minimum absolute atomic E-state index is 0.251. The molecule has 0 saturated carbocycles. The van der Waals surface area contributed by atoms with E-state index in [4.69, 9.17) is 11.6 Å². The summed E-state index contributed by atoms with van der Waals surface area (Å²) in [5, 5.41) is 0.367. The molecule has 0 aliphatic carbocycles. The van der Waals surface area contributed by atoms with Gasteiger partial charge in [-0.15, -0.1) is 0 Å². The molecular formula is C15H13ClN2O3S. The van der Waals surface area contributed by atoms with Crippen LogP contribution in [0.15, 0.2) is 47.3 Å². The molecule has 0 fully saturated rings. The molecule has 1 N–H and O–H groups in total. The molecule has 0 radical (unpaired) electrons. The number of imidazole rings is 1. The van der Waals surface area contributed by atoms with Gasteiger partial charge in [-0.05, 0) is 36.2 Å². The zero-order valence-corrected chi connectivity index (χ0v) is 13.3. The first kappa shape index (κ1) is 14.9. The minimum atomic E-state index is -3.85. The lowest BCUT2D eigenvalue weighted by molar-refractivity contribution is 0.586. The second-order valence-corrected chi connectivity index (χ2v) is 7.29. The van der Waals surface area contributed by atoms with Gasteiger partial charge in [-0.2, -0.15) is 3.97 Å². The van der Waals surface area contributed by atoms with Gasteiger partial charge in [-0.1, -0.05) is 35.9 Å². The smallest absolute Gasteiger partial charge is 0.305 e. The average molecular weight is 337 g/mol. The van der Waals surface area contributed by atoms with Gasteiger partial charge in [0.25, 0.3) is 0 Å². The quantitative estimate of drug-likeness (QED) is 0.799. The number of nitrogens with zero attached hydrogens (tertiary/aromatic N) is 1. The van der Waals surface area contributed by atoms with Crippen LogP contribution in [0.3, 0.4) is 0 Å². The highest BCUT2D eigenvalue weighted by molar-refractivity contribution is 7.89. The van der Waals surface area contributed by atoms with Gasteiger partial charge >= 0.3 is 5.69 Å². The van der Waals surface area contributed by atoms with Crippen molar-refractivity contribution >= 4 is 32.7 Å². The molecule has 3 rings (SSSR count). The normalized spacial score (nSPS) is 11.9. The van der Waals surface area contributed by atoms with Crippen molar-refractivity contribution in [1.29, 1.82) is 0 Å². The molecule has 0 aliphatic rings. The summed E-state index contributed by atoms with van der Waals surface area (Å²) in [5.74, 6) is -0.251. The molecule has 3 aromatic rings. The Morgan fingerprint density at radius 1 is 1.18 bits per heavy atom. The summed E-state index contributed by atoms with van der Waals surface area (Å²) in [6.07, 6.45) is 0. The molecule has 1 heterocycles. The van der Waals surface area contributed by atoms with E-state index in [0.717, 1.165) is 9.54 Å². The van der Waals surface area contributed by atoms with Crippen molar-refractivity contribution in [1.82, 2.24) is 8.96 Å². The van der Waals surface area contributed by atoms with Crippen molar-refractivity contribution in [2.75, 3.05) is 0 Å². The maximum Gasteiger partial charge on any atom is 0.340 e. The molecule has 0 atom stereocenters. The Morgan fingerprint density at radius 2 is 1.91 bits per heavy atom. The van der Waals surface area contributed by atoms with Crippen molar-refractivity contribution in [3.63, 3.8) is 0 Å². The average Bonchev–Trinajstić information content (AvgIpc) is 2.77. The third kappa shape index (κ3) is 2.55. The van der Waals surface area contributed by atoms with Crippen LogP contribution in [0.25, 0.3) is 11.0 Å². The fourth-order valence-electron chi connectivity index (χ4n) is 2.36. The van der Waals surface area contributed by atoms with E-state index in [1.54, 1.807) is 24.3 Å². The van der Waals surface area contributed by atoms with Crippen LogP contribution in [0.2, 0.25) is 5.02 Å². The SMILES string of the molecule is Cc1ccccc1CS(=O)(=O)n1c(=O)[nH]c2ccc(Cl)cc21. The number of aryl methyl sites for hydroxylation is 1. The zero-order chi connectivity index (χ0) is 15.9. The molecule has 0 unspecified atom stereocenters. The van der Waals surface area contributed by atoms with Gasteiger partial charge in [0.15, 0.2) is 0 Å². The molecule has 7 heteroatoms. The van der Waals surface area contributed by atoms with Crippen molar-refractivity contribution in [3.8, 4) is 0 Å². The number of nitrogens with one attached hydrogen (secondary N) is 1. The number of hydrogen-bond acceptors (Lipinski definition) is 3. The van der Waals surface area contributed by atoms with Gasteiger partial charge in [-0.25, -0.2) is 13.2 Å². The second kappa shape index (κ2) is 5.30. The highest BCUT2D eigenvalue weighted by atomic mass is 35.5. The Morgan fingerprint density at radius 3 is 2.64 bits per heavy atom. The Hall–Kier alpha value is -2.05. The summed E-state index contributed by atoms with van der Waals surface area (Å²) in [4.78, 5) is 14.6. The maximum absolute atomic E-state index is 12.7. The van der Waals surface area contributed by atoms with E-state index in [9.17, 15) is 13.2 Å². The van der Waals surface area contributed by atoms with Gasteiger partial charge in [0, 0.05) is 5.02 Å². The Kier molecular flexibility index (Phi) is 3.58. The summed E-state index contributed by atoms with van der Waals surface area (Å²) in [7, 11) is -3.85. The number of fused-ring (bicyclic) bond motifs is 1. The summed E-state index contributed by atoms with van der Waals surface area (Å²) in [5.41, 5.74) is 1.52. The van der Waals surface area contributed by atoms with Crippen molar-refractivity contribution < 1.29 is 8.42 Å². The number of benzene rings is 2. The number of halogens is 1. The summed E-state index contributed by atoms with van der Waals surface area (Å²) in [6.45, 7) is 1.83. The van der Waals surface area contributed by atoms with Gasteiger partial charge < -0.3 is 4.98 Å². The predicted octanol–water partition coefficient (Wildman–Crippen LogP) is 2.67. The summed E-state index contributed by atoms with van der Waals surface area (Å²) in [6, 6.07) is 11.8. The lowest BCUT2D eigenvalue weighted by atomic mass is 10.1. The van der Waals surface area contributed by atoms with E-state index in [-0.39, 0.29) is 11.3 Å². The number of aromatic amines is 1. The van der Waals surface area contributed by atoms with Crippen LogP contribution in [-0.4, -0.2) is 17.4 Å². The highest BCUT2D eigenvalue weighted by Crippen LogP contribution is 2.20. The van der Waals surface area contributed by atoms with Crippen LogP contribution < -0.4 is 5.69 Å². The lowest BCUT2D eigenvalue weighted by Crippen LogP contribution is -2.26. The highest BCUT2D eigenvalue weighted by Gasteiger charge is 2.21. The first-order chi connectivity index (χ1) is 10.4. The Balaban J connectivity index is 2.18. The summed E-state index contributed by atoms with van der Waals surface area (Å²) < 4.78 is 26.1. The van der Waals surface area contributed by atoms with Gasteiger partial charge in [0.1, 0.15) is 0 Å². The zero-order valence-electron chi connectivity index (χ0n) is 11.7. The molecule has 0 saturated heterocycles. The third-order valence-corrected chi connectivity index (χ3v) is 5.31. The Labute approximate surface area is 132 Å². The van der Waals surface area contributed by atoms with Crippen LogP contribution in [-0.2, 0) is 15.8 Å². The topological polar surface area (TPSA) is 71.9 Å². The molecule has 0 spiro atoms. The first-order valence-corrected chi connectivity index (χ1v) is 8.55. The van der Waals surface area contributed by atoms with E-state index in [1.165, 1.54) is 6.07 Å². The van der Waals surface area contributed by atoms with Crippen molar-refractivity contribution in [2.45, 2.75) is 12.7 Å². The number of H-pyrrole nitrogens is 1. The van der Waals surface area contributed by atoms with E-state index in [1.807, 2.05) is 19.1 Å². The van der Waals surface area contributed by atoms with Crippen LogP contribution in [0.1, 0.15) is 11.1 Å². The van der Waals surface area contributed by atoms with Gasteiger partial charge in [0.05, 0.1) is 16.8 Å². The fourth-order valence-corrected chi connectivity index (χ4v) is 4.12. The molecule has 0 aliphatic heterocycles. The largest absolute Gasteiger partial charge is 0.340 e. The number of rotatable bonds is 3. The fraction of sp³-hybridized carbons (Fsp3) is 0.133. The molecule has 0 amide bonds. The monoisotopic (exact) mass is 336 g/mol. The first-order valence-electron chi connectivity index (χ1n) is 6.56. The van der Waals surface area contributed by atoms with Crippen LogP contribution in [0, 0.1) is 6.92 Å². The van der Waals surface area contributed by atoms with E-state index >= 15 is 0 Å². The minimum Gasteiger partial charge on any atom is -0.305 e. The molecular weight excluding hydrogens is 324 g/mol. The summed E-state index contributed by atoms with van der Waals surface area (Å²) >= 11 is 5.91. The molecule has 2 aromatic carbocycles. The number of hydrogen-bond donors (Lipinski definition) is 1. The standard InChI is InChI=1S/C15H13ClN2O3S/c1-10-4-2-3-5-11(10)9-22(20,21)18-14-8-12(16)6-7-13(14)17-15(18)19/h2-8H,9H2,1H3,(H,17,19). The van der Waals surface area contributed by atoms with Crippen molar-refractivity contribution in [3.05, 3.63) is 69.1 Å². The molecule has 22 heavy (non-hydrogen) atoms. The maximum atomic E-state index is 12.7. The molecule has 1 aromatic heterocycles. The van der Waals surface area contributed by atoms with Crippen LogP contribution in [0.5, 0.6) is 0 Å². The van der Waals surface area contributed by atoms with Crippen LogP contribution >= 0.6 is 11.6 Å². The van der Waals surface area contributed by atoms with E-state index in [0.29, 0.717) is 16.1 Å².